The monoisotopic (exact) mass is 211 g/mol. The Hall–Kier alpha value is -1.96. The third-order valence-electron chi connectivity index (χ3n) is 2.62. The molecule has 16 heavy (non-hydrogen) atoms. The molecular weight excluding hydrogens is 198 g/mol. The number of rotatable bonds is 3. The lowest BCUT2D eigenvalue weighted by Gasteiger charge is -2.08. The third kappa shape index (κ3) is 2.01. The lowest BCUT2D eigenvalue weighted by Crippen LogP contribution is -1.91. The van der Waals surface area contributed by atoms with E-state index in [1.165, 1.54) is 5.56 Å². The average Bonchev–Trinajstić information content (AvgIpc) is 2.39. The molecule has 0 amide bonds. The summed E-state index contributed by atoms with van der Waals surface area (Å²) in [6.07, 6.45) is 5.39. The van der Waals surface area contributed by atoms with Gasteiger partial charge in [0.05, 0.1) is 0 Å². The highest BCUT2D eigenvalue weighted by atomic mass is 16.1. The van der Waals surface area contributed by atoms with E-state index in [2.05, 4.69) is 11.9 Å². The molecule has 0 unspecified atom stereocenters. The molecule has 0 aliphatic carbocycles. The summed E-state index contributed by atoms with van der Waals surface area (Å²) >= 11 is 0. The zero-order chi connectivity index (χ0) is 11.4. The van der Waals surface area contributed by atoms with Crippen LogP contribution in [0.2, 0.25) is 0 Å². The van der Waals surface area contributed by atoms with Crippen LogP contribution in [0.3, 0.4) is 0 Å². The molecule has 1 heterocycles. The number of nitrogens with zero attached hydrogens (tertiary/aromatic N) is 1. The fraction of sp³-hybridized carbons (Fsp3) is 0.143. The topological polar surface area (TPSA) is 30.0 Å². The summed E-state index contributed by atoms with van der Waals surface area (Å²) in [5, 5.41) is 0. The molecule has 0 saturated carbocycles. The molecule has 0 atom stereocenters. The van der Waals surface area contributed by atoms with Crippen molar-refractivity contribution >= 4 is 6.29 Å². The highest BCUT2D eigenvalue weighted by Crippen LogP contribution is 2.24. The van der Waals surface area contributed by atoms with Crippen LogP contribution < -0.4 is 0 Å². The first-order valence-corrected chi connectivity index (χ1v) is 5.33. The van der Waals surface area contributed by atoms with Crippen molar-refractivity contribution in [3.63, 3.8) is 0 Å². The lowest BCUT2D eigenvalue weighted by molar-refractivity contribution is 0.112. The Balaban J connectivity index is 2.57. The molecule has 2 nitrogen and oxygen atoms in total. The number of aryl methyl sites for hydroxylation is 1. The van der Waals surface area contributed by atoms with Gasteiger partial charge in [-0.25, -0.2) is 0 Å². The number of pyridine rings is 1. The number of aldehydes is 1. The maximum absolute atomic E-state index is 10.8. The van der Waals surface area contributed by atoms with Crippen molar-refractivity contribution in [2.24, 2.45) is 0 Å². The lowest BCUT2D eigenvalue weighted by atomic mass is 9.97. The molecule has 1 aromatic heterocycles. The van der Waals surface area contributed by atoms with E-state index in [0.29, 0.717) is 5.56 Å². The van der Waals surface area contributed by atoms with Gasteiger partial charge in [0.2, 0.25) is 0 Å². The van der Waals surface area contributed by atoms with Crippen LogP contribution in [0.4, 0.5) is 0 Å². The van der Waals surface area contributed by atoms with Gasteiger partial charge in [-0.1, -0.05) is 25.1 Å². The van der Waals surface area contributed by atoms with Gasteiger partial charge in [-0.3, -0.25) is 9.78 Å². The average molecular weight is 211 g/mol. The van der Waals surface area contributed by atoms with Gasteiger partial charge in [-0.05, 0) is 29.7 Å². The molecule has 0 bridgehead atoms. The minimum Gasteiger partial charge on any atom is -0.298 e. The maximum Gasteiger partial charge on any atom is 0.150 e. The zero-order valence-electron chi connectivity index (χ0n) is 9.18. The molecular formula is C14H13NO. The van der Waals surface area contributed by atoms with Gasteiger partial charge < -0.3 is 0 Å². The quantitative estimate of drug-likeness (QED) is 0.730. The van der Waals surface area contributed by atoms with Gasteiger partial charge >= 0.3 is 0 Å². The molecule has 2 rings (SSSR count). The first kappa shape index (κ1) is 10.6. The third-order valence-corrected chi connectivity index (χ3v) is 2.62. The summed E-state index contributed by atoms with van der Waals surface area (Å²) in [4.78, 5) is 14.9. The largest absolute Gasteiger partial charge is 0.298 e. The molecule has 0 fully saturated rings. The van der Waals surface area contributed by atoms with Crippen molar-refractivity contribution in [1.82, 2.24) is 4.98 Å². The second kappa shape index (κ2) is 4.71. The predicted molar refractivity (Wildman–Crippen MR) is 64.4 cm³/mol. The molecule has 0 spiro atoms. The number of hydrogen-bond acceptors (Lipinski definition) is 2. The van der Waals surface area contributed by atoms with E-state index < -0.39 is 0 Å². The highest BCUT2D eigenvalue weighted by Gasteiger charge is 2.04. The summed E-state index contributed by atoms with van der Waals surface area (Å²) < 4.78 is 0. The van der Waals surface area contributed by atoms with Crippen LogP contribution >= 0.6 is 0 Å². The van der Waals surface area contributed by atoms with E-state index in [-0.39, 0.29) is 0 Å². The highest BCUT2D eigenvalue weighted by molar-refractivity contribution is 5.80. The SMILES string of the molecule is CCc1ccc(C=O)cc1-c1cccnc1. The fourth-order valence-electron chi connectivity index (χ4n) is 1.77. The van der Waals surface area contributed by atoms with Gasteiger partial charge in [0.15, 0.2) is 0 Å². The van der Waals surface area contributed by atoms with E-state index in [1.807, 2.05) is 36.5 Å². The van der Waals surface area contributed by atoms with Gasteiger partial charge in [-0.15, -0.1) is 0 Å². The number of carbonyl (C=O) groups excluding carboxylic acids is 1. The van der Waals surface area contributed by atoms with E-state index in [4.69, 9.17) is 0 Å². The predicted octanol–water partition coefficient (Wildman–Crippen LogP) is 3.12. The van der Waals surface area contributed by atoms with Crippen molar-refractivity contribution in [2.45, 2.75) is 13.3 Å². The molecule has 0 aliphatic rings. The minimum atomic E-state index is 0.705. The van der Waals surface area contributed by atoms with Crippen LogP contribution in [0.5, 0.6) is 0 Å². The second-order valence-electron chi connectivity index (χ2n) is 3.63. The summed E-state index contributed by atoms with van der Waals surface area (Å²) in [5.41, 5.74) is 4.10. The molecule has 1 aromatic carbocycles. The number of benzene rings is 1. The normalized spacial score (nSPS) is 10.1. The molecule has 2 aromatic rings. The van der Waals surface area contributed by atoms with Crippen molar-refractivity contribution in [2.75, 3.05) is 0 Å². The number of carbonyl (C=O) groups is 1. The van der Waals surface area contributed by atoms with Crippen LogP contribution in [-0.2, 0) is 6.42 Å². The zero-order valence-corrected chi connectivity index (χ0v) is 9.18. The van der Waals surface area contributed by atoms with Crippen molar-refractivity contribution in [3.05, 3.63) is 53.9 Å². The van der Waals surface area contributed by atoms with Gasteiger partial charge in [0.1, 0.15) is 6.29 Å². The van der Waals surface area contributed by atoms with Crippen molar-refractivity contribution < 1.29 is 4.79 Å². The van der Waals surface area contributed by atoms with E-state index in [1.54, 1.807) is 6.20 Å². The summed E-state index contributed by atoms with van der Waals surface area (Å²) in [7, 11) is 0. The van der Waals surface area contributed by atoms with Crippen LogP contribution in [-0.4, -0.2) is 11.3 Å². The van der Waals surface area contributed by atoms with Crippen LogP contribution in [0.25, 0.3) is 11.1 Å². The van der Waals surface area contributed by atoms with E-state index >= 15 is 0 Å². The second-order valence-corrected chi connectivity index (χ2v) is 3.63. The first-order chi connectivity index (χ1) is 7.85. The molecule has 0 saturated heterocycles. The Morgan fingerprint density at radius 2 is 2.19 bits per heavy atom. The Labute approximate surface area is 95.0 Å². The number of hydrogen-bond donors (Lipinski definition) is 0. The standard InChI is InChI=1S/C14H13NO/c1-2-12-6-5-11(10-16)8-14(12)13-4-3-7-15-9-13/h3-10H,2H2,1H3. The van der Waals surface area contributed by atoms with Crippen LogP contribution in [0, 0.1) is 0 Å². The van der Waals surface area contributed by atoms with Gasteiger partial charge in [0.25, 0.3) is 0 Å². The molecule has 0 radical (unpaired) electrons. The van der Waals surface area contributed by atoms with Crippen molar-refractivity contribution in [1.29, 1.82) is 0 Å². The fourth-order valence-corrected chi connectivity index (χ4v) is 1.77. The molecule has 2 heteroatoms. The van der Waals surface area contributed by atoms with Gasteiger partial charge in [-0.2, -0.15) is 0 Å². The summed E-state index contributed by atoms with van der Waals surface area (Å²) in [6.45, 7) is 2.11. The summed E-state index contributed by atoms with van der Waals surface area (Å²) in [6, 6.07) is 9.69. The van der Waals surface area contributed by atoms with Gasteiger partial charge in [0, 0.05) is 23.5 Å². The van der Waals surface area contributed by atoms with Crippen molar-refractivity contribution in [3.8, 4) is 11.1 Å². The Kier molecular flexibility index (Phi) is 3.10. The Morgan fingerprint density at radius 3 is 2.81 bits per heavy atom. The Morgan fingerprint density at radius 1 is 1.31 bits per heavy atom. The molecule has 80 valence electrons. The summed E-state index contributed by atoms with van der Waals surface area (Å²) in [5.74, 6) is 0. The number of aromatic nitrogens is 1. The smallest absolute Gasteiger partial charge is 0.150 e. The Bertz CT molecular complexity index is 491. The van der Waals surface area contributed by atoms with Crippen LogP contribution in [0.1, 0.15) is 22.8 Å². The minimum absolute atomic E-state index is 0.705. The maximum atomic E-state index is 10.8. The first-order valence-electron chi connectivity index (χ1n) is 5.33. The molecule has 0 aliphatic heterocycles. The van der Waals surface area contributed by atoms with E-state index in [9.17, 15) is 4.79 Å². The van der Waals surface area contributed by atoms with Crippen LogP contribution in [0.15, 0.2) is 42.7 Å². The van der Waals surface area contributed by atoms with E-state index in [0.717, 1.165) is 23.8 Å². The molecule has 0 N–H and O–H groups in total.